The lowest BCUT2D eigenvalue weighted by Crippen LogP contribution is -2.29. The summed E-state index contributed by atoms with van der Waals surface area (Å²) in [6.45, 7) is 11.5. The summed E-state index contributed by atoms with van der Waals surface area (Å²) in [5.41, 5.74) is 4.37. The first-order valence-corrected chi connectivity index (χ1v) is 10.9. The van der Waals surface area contributed by atoms with E-state index in [1.165, 1.54) is 49.2 Å². The average molecular weight is 394 g/mol. The van der Waals surface area contributed by atoms with E-state index in [2.05, 4.69) is 56.9 Å². The second-order valence-corrected chi connectivity index (χ2v) is 9.74. The first-order valence-electron chi connectivity index (χ1n) is 10.9. The molecule has 156 valence electrons. The van der Waals surface area contributed by atoms with Crippen molar-refractivity contribution in [2.75, 3.05) is 18.0 Å². The number of anilines is 1. The van der Waals surface area contributed by atoms with Crippen LogP contribution in [0.2, 0.25) is 0 Å². The summed E-state index contributed by atoms with van der Waals surface area (Å²) in [6.07, 6.45) is 6.08. The Labute approximate surface area is 175 Å². The summed E-state index contributed by atoms with van der Waals surface area (Å²) in [7, 11) is 0. The van der Waals surface area contributed by atoms with Gasteiger partial charge in [-0.05, 0) is 78.3 Å². The number of piperidine rings is 1. The molecule has 0 spiro atoms. The molecule has 3 nitrogen and oxygen atoms in total. The molecule has 0 unspecified atom stereocenters. The Bertz CT molecular complexity index is 813. The van der Waals surface area contributed by atoms with Crippen molar-refractivity contribution in [1.82, 2.24) is 0 Å². The number of carboxylic acid groups (broad SMARTS) is 1. The molecule has 3 rings (SSSR count). The zero-order valence-electron chi connectivity index (χ0n) is 18.4. The standard InChI is InChI=1S/C26H35NO2/c1-25(2,21-10-8-20(9-11-21)24(28)29)16-17-26(3,4)22-12-14-23(15-13-22)27-18-6-5-7-19-27/h8-15H,5-7,16-19H2,1-4H3,(H,28,29). The van der Waals surface area contributed by atoms with E-state index in [-0.39, 0.29) is 10.8 Å². The van der Waals surface area contributed by atoms with Crippen LogP contribution in [-0.4, -0.2) is 24.2 Å². The summed E-state index contributed by atoms with van der Waals surface area (Å²) >= 11 is 0. The summed E-state index contributed by atoms with van der Waals surface area (Å²) in [5.74, 6) is -0.872. The number of carboxylic acids is 1. The second-order valence-electron chi connectivity index (χ2n) is 9.74. The number of hydrogen-bond donors (Lipinski definition) is 1. The molecule has 1 aliphatic heterocycles. The lowest BCUT2D eigenvalue weighted by atomic mass is 9.73. The highest BCUT2D eigenvalue weighted by Gasteiger charge is 2.27. The topological polar surface area (TPSA) is 40.5 Å². The van der Waals surface area contributed by atoms with Gasteiger partial charge in [-0.2, -0.15) is 0 Å². The van der Waals surface area contributed by atoms with Crippen LogP contribution >= 0.6 is 0 Å². The Morgan fingerprint density at radius 3 is 1.69 bits per heavy atom. The van der Waals surface area contributed by atoms with Crippen molar-refractivity contribution in [3.05, 3.63) is 65.2 Å². The van der Waals surface area contributed by atoms with Gasteiger partial charge >= 0.3 is 5.97 Å². The van der Waals surface area contributed by atoms with Gasteiger partial charge in [-0.25, -0.2) is 4.79 Å². The van der Waals surface area contributed by atoms with Gasteiger partial charge < -0.3 is 10.0 Å². The minimum Gasteiger partial charge on any atom is -0.478 e. The third kappa shape index (κ3) is 5.20. The van der Waals surface area contributed by atoms with Gasteiger partial charge in [0.2, 0.25) is 0 Å². The van der Waals surface area contributed by atoms with Gasteiger partial charge in [-0.15, -0.1) is 0 Å². The van der Waals surface area contributed by atoms with Crippen LogP contribution in [0, 0.1) is 0 Å². The molecule has 1 heterocycles. The van der Waals surface area contributed by atoms with E-state index >= 15 is 0 Å². The van der Waals surface area contributed by atoms with Gasteiger partial charge in [0.15, 0.2) is 0 Å². The molecule has 1 N–H and O–H groups in total. The smallest absolute Gasteiger partial charge is 0.335 e. The Balaban J connectivity index is 1.65. The molecule has 1 saturated heterocycles. The second kappa shape index (κ2) is 8.61. The molecule has 0 radical (unpaired) electrons. The quantitative estimate of drug-likeness (QED) is 0.591. The highest BCUT2D eigenvalue weighted by Crippen LogP contribution is 2.36. The van der Waals surface area contributed by atoms with Crippen molar-refractivity contribution in [1.29, 1.82) is 0 Å². The fourth-order valence-corrected chi connectivity index (χ4v) is 4.25. The van der Waals surface area contributed by atoms with Crippen molar-refractivity contribution in [2.24, 2.45) is 0 Å². The zero-order chi connectivity index (χ0) is 21.1. The molecule has 3 heteroatoms. The van der Waals surface area contributed by atoms with E-state index in [4.69, 9.17) is 5.11 Å². The van der Waals surface area contributed by atoms with Crippen LogP contribution in [0.4, 0.5) is 5.69 Å². The first-order chi connectivity index (χ1) is 13.7. The number of benzene rings is 2. The molecule has 0 aliphatic carbocycles. The van der Waals surface area contributed by atoms with E-state index in [0.717, 1.165) is 12.8 Å². The molecule has 0 amide bonds. The molecule has 0 saturated carbocycles. The van der Waals surface area contributed by atoms with Crippen molar-refractivity contribution in [3.8, 4) is 0 Å². The Hall–Kier alpha value is -2.29. The predicted octanol–water partition coefficient (Wildman–Crippen LogP) is 6.41. The van der Waals surface area contributed by atoms with Gasteiger partial charge in [0.25, 0.3) is 0 Å². The van der Waals surface area contributed by atoms with E-state index in [0.29, 0.717) is 5.56 Å². The van der Waals surface area contributed by atoms with Crippen LogP contribution < -0.4 is 4.90 Å². The first kappa shape index (κ1) is 21.4. The van der Waals surface area contributed by atoms with Crippen LogP contribution in [0.5, 0.6) is 0 Å². The van der Waals surface area contributed by atoms with Crippen LogP contribution in [0.3, 0.4) is 0 Å². The van der Waals surface area contributed by atoms with E-state index in [1.807, 2.05) is 12.1 Å². The predicted molar refractivity (Wildman–Crippen MR) is 121 cm³/mol. The van der Waals surface area contributed by atoms with E-state index < -0.39 is 5.97 Å². The van der Waals surface area contributed by atoms with E-state index in [9.17, 15) is 4.79 Å². The fraction of sp³-hybridized carbons (Fsp3) is 0.500. The van der Waals surface area contributed by atoms with Crippen LogP contribution in [0.1, 0.15) is 81.3 Å². The molecule has 0 atom stereocenters. The number of nitrogens with zero attached hydrogens (tertiary/aromatic N) is 1. The molecular weight excluding hydrogens is 358 g/mol. The molecule has 1 fully saturated rings. The number of hydrogen-bond acceptors (Lipinski definition) is 2. The van der Waals surface area contributed by atoms with E-state index in [1.54, 1.807) is 12.1 Å². The van der Waals surface area contributed by atoms with Crippen LogP contribution in [0.15, 0.2) is 48.5 Å². The minimum atomic E-state index is -0.872. The van der Waals surface area contributed by atoms with Crippen LogP contribution in [-0.2, 0) is 10.8 Å². The van der Waals surface area contributed by atoms with Gasteiger partial charge in [0.1, 0.15) is 0 Å². The Morgan fingerprint density at radius 1 is 0.793 bits per heavy atom. The maximum absolute atomic E-state index is 11.1. The summed E-state index contributed by atoms with van der Waals surface area (Å²) in [4.78, 5) is 13.6. The molecule has 0 aromatic heterocycles. The lowest BCUT2D eigenvalue weighted by Gasteiger charge is -2.33. The maximum Gasteiger partial charge on any atom is 0.335 e. The third-order valence-electron chi connectivity index (χ3n) is 6.66. The SMILES string of the molecule is CC(C)(CCC(C)(C)c1ccc(N2CCCCC2)cc1)c1ccc(C(=O)O)cc1. The van der Waals surface area contributed by atoms with Crippen molar-refractivity contribution in [2.45, 2.75) is 70.6 Å². The van der Waals surface area contributed by atoms with Crippen molar-refractivity contribution >= 4 is 11.7 Å². The van der Waals surface area contributed by atoms with Gasteiger partial charge in [0.05, 0.1) is 5.56 Å². The average Bonchev–Trinajstić information content (AvgIpc) is 2.73. The summed E-state index contributed by atoms with van der Waals surface area (Å²) in [6, 6.07) is 16.5. The van der Waals surface area contributed by atoms with Crippen molar-refractivity contribution in [3.63, 3.8) is 0 Å². The highest BCUT2D eigenvalue weighted by molar-refractivity contribution is 5.87. The minimum absolute atomic E-state index is 0.00203. The largest absolute Gasteiger partial charge is 0.478 e. The summed E-state index contributed by atoms with van der Waals surface area (Å²) < 4.78 is 0. The Kier molecular flexibility index (Phi) is 6.36. The number of rotatable bonds is 7. The lowest BCUT2D eigenvalue weighted by molar-refractivity contribution is 0.0697. The zero-order valence-corrected chi connectivity index (χ0v) is 18.4. The van der Waals surface area contributed by atoms with Crippen LogP contribution in [0.25, 0.3) is 0 Å². The normalized spacial score (nSPS) is 15.4. The van der Waals surface area contributed by atoms with Gasteiger partial charge in [-0.3, -0.25) is 0 Å². The maximum atomic E-state index is 11.1. The molecular formula is C26H35NO2. The molecule has 0 bridgehead atoms. The molecule has 29 heavy (non-hydrogen) atoms. The number of aromatic carboxylic acids is 1. The van der Waals surface area contributed by atoms with Crippen molar-refractivity contribution < 1.29 is 9.90 Å². The molecule has 2 aromatic carbocycles. The molecule has 2 aromatic rings. The third-order valence-corrected chi connectivity index (χ3v) is 6.66. The fourth-order valence-electron chi connectivity index (χ4n) is 4.25. The highest BCUT2D eigenvalue weighted by atomic mass is 16.4. The Morgan fingerprint density at radius 2 is 1.24 bits per heavy atom. The van der Waals surface area contributed by atoms with Gasteiger partial charge in [0, 0.05) is 18.8 Å². The number of carbonyl (C=O) groups is 1. The monoisotopic (exact) mass is 393 g/mol. The molecule has 1 aliphatic rings. The summed E-state index contributed by atoms with van der Waals surface area (Å²) in [5, 5.41) is 9.11. The van der Waals surface area contributed by atoms with Gasteiger partial charge in [-0.1, -0.05) is 52.0 Å².